The molecule has 0 bridgehead atoms. The molecule has 0 radical (unpaired) electrons. The molecule has 0 saturated heterocycles. The maximum atomic E-state index is 12.0. The van der Waals surface area contributed by atoms with Gasteiger partial charge in [0, 0.05) is 24.1 Å². The number of anilines is 1. The Balaban J connectivity index is 1.99. The highest BCUT2D eigenvalue weighted by Crippen LogP contribution is 2.28. The van der Waals surface area contributed by atoms with Gasteiger partial charge in [0.05, 0.1) is 11.3 Å². The minimum Gasteiger partial charge on any atom is -0.377 e. The summed E-state index contributed by atoms with van der Waals surface area (Å²) < 4.78 is 0.960. The van der Waals surface area contributed by atoms with Crippen LogP contribution < -0.4 is 4.90 Å². The summed E-state index contributed by atoms with van der Waals surface area (Å²) in [4.78, 5) is 18.9. The first-order chi connectivity index (χ1) is 11.1. The Morgan fingerprint density at radius 2 is 1.87 bits per heavy atom. The van der Waals surface area contributed by atoms with E-state index in [1.807, 2.05) is 67.5 Å². The molecule has 0 spiro atoms. The molecular weight excluding hydrogens is 356 g/mol. The predicted octanol–water partition coefficient (Wildman–Crippen LogP) is 3.86. The van der Waals surface area contributed by atoms with Gasteiger partial charge in [0.15, 0.2) is 0 Å². The van der Waals surface area contributed by atoms with Gasteiger partial charge in [-0.1, -0.05) is 41.6 Å². The highest BCUT2D eigenvalue weighted by atomic mass is 79.9. The average Bonchev–Trinajstić information content (AvgIpc) is 2.89. The van der Waals surface area contributed by atoms with E-state index in [1.54, 1.807) is 6.08 Å². The second kappa shape index (κ2) is 6.38. The van der Waals surface area contributed by atoms with Crippen LogP contribution in [-0.2, 0) is 9.63 Å². The molecule has 2 aromatic carbocycles. The molecule has 1 heterocycles. The number of rotatable bonds is 3. The molecule has 2 aromatic rings. The van der Waals surface area contributed by atoms with Gasteiger partial charge in [-0.25, -0.2) is 4.79 Å². The van der Waals surface area contributed by atoms with Crippen LogP contribution >= 0.6 is 15.9 Å². The summed E-state index contributed by atoms with van der Waals surface area (Å²) in [5, 5.41) is 3.91. The van der Waals surface area contributed by atoms with Crippen LogP contribution in [0.4, 0.5) is 5.69 Å². The van der Waals surface area contributed by atoms with Gasteiger partial charge in [-0.3, -0.25) is 0 Å². The average molecular weight is 371 g/mol. The van der Waals surface area contributed by atoms with Crippen molar-refractivity contribution in [1.82, 2.24) is 0 Å². The number of nitrogens with zero attached hydrogens (tertiary/aromatic N) is 2. The van der Waals surface area contributed by atoms with Crippen molar-refractivity contribution in [2.24, 2.45) is 5.16 Å². The Hall–Kier alpha value is -2.40. The Bertz CT molecular complexity index is 811. The lowest BCUT2D eigenvalue weighted by molar-refractivity contribution is -0.136. The Kier molecular flexibility index (Phi) is 4.30. The normalized spacial score (nSPS) is 15.5. The Labute approximate surface area is 143 Å². The molecule has 0 atom stereocenters. The Morgan fingerprint density at radius 1 is 1.13 bits per heavy atom. The lowest BCUT2D eigenvalue weighted by Gasteiger charge is -2.14. The SMILES string of the molecule is CN(C)c1ccc(/C=C2/C(=O)ON=C2c2ccccc2)cc1Br. The molecule has 3 rings (SSSR count). The summed E-state index contributed by atoms with van der Waals surface area (Å²) in [6.07, 6.45) is 1.80. The molecule has 0 aromatic heterocycles. The van der Waals surface area contributed by atoms with Crippen molar-refractivity contribution in [3.05, 3.63) is 69.7 Å². The number of carbonyl (C=O) groups is 1. The second-order valence-electron chi connectivity index (χ2n) is 5.35. The summed E-state index contributed by atoms with van der Waals surface area (Å²) in [5.74, 6) is -0.434. The highest BCUT2D eigenvalue weighted by Gasteiger charge is 2.26. The first kappa shape index (κ1) is 15.5. The number of oxime groups is 1. The fraction of sp³-hybridized carbons (Fsp3) is 0.111. The van der Waals surface area contributed by atoms with Crippen molar-refractivity contribution in [1.29, 1.82) is 0 Å². The highest BCUT2D eigenvalue weighted by molar-refractivity contribution is 9.10. The van der Waals surface area contributed by atoms with Crippen LogP contribution in [0.1, 0.15) is 11.1 Å². The van der Waals surface area contributed by atoms with Gasteiger partial charge >= 0.3 is 5.97 Å². The van der Waals surface area contributed by atoms with E-state index in [1.165, 1.54) is 0 Å². The second-order valence-corrected chi connectivity index (χ2v) is 6.20. The zero-order chi connectivity index (χ0) is 16.4. The van der Waals surface area contributed by atoms with Gasteiger partial charge in [-0.15, -0.1) is 0 Å². The first-order valence-electron chi connectivity index (χ1n) is 7.10. The topological polar surface area (TPSA) is 41.9 Å². The molecule has 1 aliphatic rings. The summed E-state index contributed by atoms with van der Waals surface area (Å²) >= 11 is 3.55. The van der Waals surface area contributed by atoms with E-state index >= 15 is 0 Å². The third-order valence-corrected chi connectivity index (χ3v) is 4.14. The van der Waals surface area contributed by atoms with E-state index < -0.39 is 5.97 Å². The van der Waals surface area contributed by atoms with Crippen LogP contribution in [-0.4, -0.2) is 25.8 Å². The van der Waals surface area contributed by atoms with Crippen molar-refractivity contribution in [2.45, 2.75) is 0 Å². The first-order valence-corrected chi connectivity index (χ1v) is 7.89. The van der Waals surface area contributed by atoms with Gasteiger partial charge in [0.1, 0.15) is 5.71 Å². The number of hydrogen-bond acceptors (Lipinski definition) is 4. The molecule has 0 unspecified atom stereocenters. The largest absolute Gasteiger partial charge is 0.377 e. The van der Waals surface area contributed by atoms with Crippen LogP contribution in [0.15, 0.2) is 63.7 Å². The van der Waals surface area contributed by atoms with E-state index in [0.29, 0.717) is 11.3 Å². The predicted molar refractivity (Wildman–Crippen MR) is 95.5 cm³/mol. The lowest BCUT2D eigenvalue weighted by Crippen LogP contribution is -2.09. The fourth-order valence-electron chi connectivity index (χ4n) is 2.36. The van der Waals surface area contributed by atoms with Gasteiger partial charge in [-0.05, 0) is 39.7 Å². The molecule has 23 heavy (non-hydrogen) atoms. The van der Waals surface area contributed by atoms with Crippen LogP contribution in [0.5, 0.6) is 0 Å². The summed E-state index contributed by atoms with van der Waals surface area (Å²) in [6, 6.07) is 15.5. The van der Waals surface area contributed by atoms with Crippen LogP contribution in [0.3, 0.4) is 0 Å². The minimum atomic E-state index is -0.434. The van der Waals surface area contributed by atoms with Gasteiger partial charge in [-0.2, -0.15) is 0 Å². The smallest absolute Gasteiger partial charge is 0.368 e. The molecule has 0 amide bonds. The maximum absolute atomic E-state index is 12.0. The van der Waals surface area contributed by atoms with Crippen molar-refractivity contribution >= 4 is 39.4 Å². The maximum Gasteiger partial charge on any atom is 0.368 e. The third-order valence-electron chi connectivity index (χ3n) is 3.51. The summed E-state index contributed by atoms with van der Waals surface area (Å²) in [6.45, 7) is 0. The van der Waals surface area contributed by atoms with E-state index in [-0.39, 0.29) is 0 Å². The number of halogens is 1. The van der Waals surface area contributed by atoms with Gasteiger partial charge in [0.2, 0.25) is 0 Å². The van der Waals surface area contributed by atoms with Gasteiger partial charge < -0.3 is 9.74 Å². The number of carbonyl (C=O) groups excluding carboxylic acids is 1. The van der Waals surface area contributed by atoms with E-state index in [0.717, 1.165) is 21.3 Å². The monoisotopic (exact) mass is 370 g/mol. The summed E-state index contributed by atoms with van der Waals surface area (Å²) in [7, 11) is 3.96. The van der Waals surface area contributed by atoms with Crippen molar-refractivity contribution in [2.75, 3.05) is 19.0 Å². The number of hydrogen-bond donors (Lipinski definition) is 0. The summed E-state index contributed by atoms with van der Waals surface area (Å²) in [5.41, 5.74) is 3.84. The Morgan fingerprint density at radius 3 is 2.52 bits per heavy atom. The van der Waals surface area contributed by atoms with Gasteiger partial charge in [0.25, 0.3) is 0 Å². The third kappa shape index (κ3) is 3.19. The molecular formula is C18H15BrN2O2. The standard InChI is InChI=1S/C18H15BrN2O2/c1-21(2)16-9-8-12(11-15(16)19)10-14-17(20-23-18(14)22)13-6-4-3-5-7-13/h3-11H,1-2H3/b14-10+. The minimum absolute atomic E-state index is 0.434. The molecule has 0 saturated carbocycles. The molecule has 5 heteroatoms. The molecule has 0 fully saturated rings. The lowest BCUT2D eigenvalue weighted by atomic mass is 10.0. The molecule has 116 valence electrons. The molecule has 4 nitrogen and oxygen atoms in total. The van der Waals surface area contributed by atoms with Crippen molar-refractivity contribution in [3.8, 4) is 0 Å². The van der Waals surface area contributed by atoms with E-state index in [4.69, 9.17) is 4.84 Å². The molecule has 0 aliphatic carbocycles. The molecule has 1 aliphatic heterocycles. The molecule has 0 N–H and O–H groups in total. The quantitative estimate of drug-likeness (QED) is 0.608. The zero-order valence-electron chi connectivity index (χ0n) is 12.8. The van der Waals surface area contributed by atoms with Crippen LogP contribution in [0.2, 0.25) is 0 Å². The van der Waals surface area contributed by atoms with Crippen LogP contribution in [0, 0.1) is 0 Å². The van der Waals surface area contributed by atoms with Crippen molar-refractivity contribution < 1.29 is 9.63 Å². The fourth-order valence-corrected chi connectivity index (χ4v) is 3.11. The van der Waals surface area contributed by atoms with Crippen LogP contribution in [0.25, 0.3) is 6.08 Å². The van der Waals surface area contributed by atoms with E-state index in [2.05, 4.69) is 21.1 Å². The number of benzene rings is 2. The van der Waals surface area contributed by atoms with Crippen molar-refractivity contribution in [3.63, 3.8) is 0 Å². The van der Waals surface area contributed by atoms with E-state index in [9.17, 15) is 4.79 Å². The zero-order valence-corrected chi connectivity index (χ0v) is 14.4.